The minimum Gasteiger partial charge on any atom is -0.512 e. The molecule has 1 N–H and O–H groups in total. The van der Waals surface area contributed by atoms with Gasteiger partial charge in [-0.15, -0.1) is 0 Å². The lowest BCUT2D eigenvalue weighted by atomic mass is 10.1. The van der Waals surface area contributed by atoms with E-state index < -0.39 is 0 Å². The van der Waals surface area contributed by atoms with Gasteiger partial charge in [0.15, 0.2) is 0 Å². The summed E-state index contributed by atoms with van der Waals surface area (Å²) in [4.78, 5) is 11.3. The quantitative estimate of drug-likeness (QED) is 0.685. The molecule has 0 radical (unpaired) electrons. The number of aliphatic hydroxyl groups is 1. The lowest BCUT2D eigenvalue weighted by Gasteiger charge is -2.01. The summed E-state index contributed by atoms with van der Waals surface area (Å²) in [7, 11) is 0. The maximum atomic E-state index is 11.3. The van der Waals surface area contributed by atoms with Crippen molar-refractivity contribution in [2.75, 3.05) is 6.61 Å². The van der Waals surface area contributed by atoms with Crippen molar-refractivity contribution in [2.45, 2.75) is 13.8 Å². The molecular formula is C11H14O3. The summed E-state index contributed by atoms with van der Waals surface area (Å²) in [5, 5.41) is 9.40. The average molecular weight is 194 g/mol. The second kappa shape index (κ2) is 4.65. The Morgan fingerprint density at radius 3 is 2.93 bits per heavy atom. The number of carbonyl (C=O) groups is 1. The average Bonchev–Trinajstić information content (AvgIpc) is 2.31. The second-order valence-electron chi connectivity index (χ2n) is 3.08. The summed E-state index contributed by atoms with van der Waals surface area (Å²) in [6.07, 6.45) is 6.52. The summed E-state index contributed by atoms with van der Waals surface area (Å²) >= 11 is 0. The highest BCUT2D eigenvalue weighted by molar-refractivity contribution is 5.92. The molecule has 0 heterocycles. The number of ether oxygens (including phenoxy) is 1. The van der Waals surface area contributed by atoms with E-state index in [1.807, 2.05) is 6.92 Å². The fraction of sp³-hybridized carbons (Fsp3) is 0.364. The molecule has 0 spiro atoms. The molecule has 76 valence electrons. The van der Waals surface area contributed by atoms with Gasteiger partial charge in [-0.2, -0.15) is 0 Å². The van der Waals surface area contributed by atoms with Gasteiger partial charge in [0.1, 0.15) is 0 Å². The maximum absolute atomic E-state index is 11.3. The van der Waals surface area contributed by atoms with Crippen molar-refractivity contribution in [3.05, 3.63) is 35.6 Å². The van der Waals surface area contributed by atoms with Crippen LogP contribution in [-0.4, -0.2) is 17.7 Å². The first-order valence-corrected chi connectivity index (χ1v) is 4.61. The number of hydrogen-bond donors (Lipinski definition) is 1. The number of carbonyl (C=O) groups excluding carboxylic acids is 1. The SMILES string of the molecule is CCOC(=O)C1=CC=C(O)C(C)C=C1. The molecule has 1 unspecified atom stereocenters. The third-order valence-electron chi connectivity index (χ3n) is 1.98. The van der Waals surface area contributed by atoms with Crippen LogP contribution in [0.25, 0.3) is 0 Å². The molecular weight excluding hydrogens is 180 g/mol. The first-order chi connectivity index (χ1) is 6.65. The standard InChI is InChI=1S/C11H14O3/c1-3-14-11(13)9-5-4-8(2)10(12)7-6-9/h4-8,12H,3H2,1-2H3. The van der Waals surface area contributed by atoms with Crippen molar-refractivity contribution < 1.29 is 14.6 Å². The molecule has 0 aromatic rings. The second-order valence-corrected chi connectivity index (χ2v) is 3.08. The largest absolute Gasteiger partial charge is 0.512 e. The summed E-state index contributed by atoms with van der Waals surface area (Å²) in [5.41, 5.74) is 0.461. The predicted molar refractivity (Wildman–Crippen MR) is 53.7 cm³/mol. The van der Waals surface area contributed by atoms with Gasteiger partial charge in [0.05, 0.1) is 17.9 Å². The van der Waals surface area contributed by atoms with E-state index in [2.05, 4.69) is 0 Å². The van der Waals surface area contributed by atoms with Crippen LogP contribution < -0.4 is 0 Å². The zero-order valence-electron chi connectivity index (χ0n) is 8.36. The van der Waals surface area contributed by atoms with Crippen molar-refractivity contribution in [2.24, 2.45) is 5.92 Å². The topological polar surface area (TPSA) is 46.5 Å². The molecule has 14 heavy (non-hydrogen) atoms. The van der Waals surface area contributed by atoms with Gasteiger partial charge in [-0.1, -0.05) is 19.1 Å². The van der Waals surface area contributed by atoms with Crippen molar-refractivity contribution in [3.63, 3.8) is 0 Å². The Hall–Kier alpha value is -1.51. The Bertz CT molecular complexity index is 310. The van der Waals surface area contributed by atoms with E-state index in [4.69, 9.17) is 4.74 Å². The van der Waals surface area contributed by atoms with Gasteiger partial charge < -0.3 is 9.84 Å². The summed E-state index contributed by atoms with van der Waals surface area (Å²) in [5.74, 6) is -0.166. The number of rotatable bonds is 2. The molecule has 0 saturated carbocycles. The van der Waals surface area contributed by atoms with E-state index >= 15 is 0 Å². The van der Waals surface area contributed by atoms with Gasteiger partial charge >= 0.3 is 5.97 Å². The minimum atomic E-state index is -0.359. The van der Waals surface area contributed by atoms with Crippen LogP contribution in [0.1, 0.15) is 13.8 Å². The molecule has 0 amide bonds. The Morgan fingerprint density at radius 2 is 2.29 bits per heavy atom. The van der Waals surface area contributed by atoms with Crippen LogP contribution in [0.15, 0.2) is 35.6 Å². The molecule has 0 saturated heterocycles. The molecule has 0 aromatic heterocycles. The van der Waals surface area contributed by atoms with Gasteiger partial charge in [-0.05, 0) is 19.1 Å². The molecule has 1 rings (SSSR count). The van der Waals surface area contributed by atoms with Crippen LogP contribution in [0.5, 0.6) is 0 Å². The summed E-state index contributed by atoms with van der Waals surface area (Å²) in [6, 6.07) is 0. The van der Waals surface area contributed by atoms with Crippen LogP contribution >= 0.6 is 0 Å². The molecule has 1 aliphatic carbocycles. The lowest BCUT2D eigenvalue weighted by molar-refractivity contribution is -0.138. The minimum absolute atomic E-state index is 0.0572. The van der Waals surface area contributed by atoms with Crippen LogP contribution in [-0.2, 0) is 9.53 Å². The molecule has 0 fully saturated rings. The van der Waals surface area contributed by atoms with Crippen molar-refractivity contribution >= 4 is 5.97 Å². The molecule has 0 aliphatic heterocycles. The molecule has 1 atom stereocenters. The fourth-order valence-corrected chi connectivity index (χ4v) is 1.08. The van der Waals surface area contributed by atoms with Crippen LogP contribution in [0.4, 0.5) is 0 Å². The van der Waals surface area contributed by atoms with E-state index in [0.717, 1.165) is 0 Å². The highest BCUT2D eigenvalue weighted by Gasteiger charge is 2.11. The number of esters is 1. The van der Waals surface area contributed by atoms with E-state index in [1.54, 1.807) is 25.2 Å². The van der Waals surface area contributed by atoms with Gasteiger partial charge in [0.2, 0.25) is 0 Å². The lowest BCUT2D eigenvalue weighted by Crippen LogP contribution is -2.05. The summed E-state index contributed by atoms with van der Waals surface area (Å²) < 4.78 is 4.84. The van der Waals surface area contributed by atoms with E-state index in [-0.39, 0.29) is 17.6 Å². The number of allylic oxidation sites excluding steroid dienone is 3. The zero-order chi connectivity index (χ0) is 10.6. The first-order valence-electron chi connectivity index (χ1n) is 4.61. The Morgan fingerprint density at radius 1 is 1.57 bits per heavy atom. The Balaban J connectivity index is 2.82. The molecule has 3 nitrogen and oxygen atoms in total. The van der Waals surface area contributed by atoms with Gasteiger partial charge in [-0.3, -0.25) is 0 Å². The van der Waals surface area contributed by atoms with Crippen LogP contribution in [0, 0.1) is 5.92 Å². The molecule has 0 aromatic carbocycles. The monoisotopic (exact) mass is 194 g/mol. The molecule has 3 heteroatoms. The normalized spacial score (nSPS) is 20.9. The summed E-state index contributed by atoms with van der Waals surface area (Å²) in [6.45, 7) is 3.97. The van der Waals surface area contributed by atoms with Gasteiger partial charge in [-0.25, -0.2) is 4.79 Å². The highest BCUT2D eigenvalue weighted by atomic mass is 16.5. The van der Waals surface area contributed by atoms with Crippen molar-refractivity contribution in [3.8, 4) is 0 Å². The molecule has 0 bridgehead atoms. The number of hydrogen-bond acceptors (Lipinski definition) is 3. The van der Waals surface area contributed by atoms with Crippen molar-refractivity contribution in [1.82, 2.24) is 0 Å². The molecule has 1 aliphatic rings. The zero-order valence-corrected chi connectivity index (χ0v) is 8.36. The fourth-order valence-electron chi connectivity index (χ4n) is 1.08. The smallest absolute Gasteiger partial charge is 0.338 e. The first kappa shape index (κ1) is 10.6. The highest BCUT2D eigenvalue weighted by Crippen LogP contribution is 2.15. The van der Waals surface area contributed by atoms with Crippen LogP contribution in [0.2, 0.25) is 0 Å². The van der Waals surface area contributed by atoms with Gasteiger partial charge in [0.25, 0.3) is 0 Å². The maximum Gasteiger partial charge on any atom is 0.338 e. The van der Waals surface area contributed by atoms with E-state index in [1.165, 1.54) is 6.08 Å². The third-order valence-corrected chi connectivity index (χ3v) is 1.98. The van der Waals surface area contributed by atoms with E-state index in [0.29, 0.717) is 12.2 Å². The van der Waals surface area contributed by atoms with Crippen LogP contribution in [0.3, 0.4) is 0 Å². The number of aliphatic hydroxyl groups excluding tert-OH is 1. The predicted octanol–water partition coefficient (Wildman–Crippen LogP) is 2.12. The third kappa shape index (κ3) is 2.49. The Labute approximate surface area is 83.4 Å². The van der Waals surface area contributed by atoms with Gasteiger partial charge in [0, 0.05) is 5.92 Å². The van der Waals surface area contributed by atoms with E-state index in [9.17, 15) is 9.90 Å². The Kier molecular flexibility index (Phi) is 3.51. The van der Waals surface area contributed by atoms with Crippen molar-refractivity contribution in [1.29, 1.82) is 0 Å².